The van der Waals surface area contributed by atoms with Crippen LogP contribution in [0.15, 0.2) is 72.8 Å². The van der Waals surface area contributed by atoms with Crippen LogP contribution in [0.5, 0.6) is 0 Å². The molecule has 2 amide bonds. The maximum absolute atomic E-state index is 13.2. The van der Waals surface area contributed by atoms with Crippen LogP contribution in [0.3, 0.4) is 0 Å². The summed E-state index contributed by atoms with van der Waals surface area (Å²) in [6.45, 7) is 3.72. The third kappa shape index (κ3) is 4.53. The molecule has 2 aromatic heterocycles. The van der Waals surface area contributed by atoms with Gasteiger partial charge in [0.05, 0.1) is 32.8 Å². The third-order valence-corrected chi connectivity index (χ3v) is 6.70. The molecular formula is C26H20ClN5O2S. The number of carbonyl (C=O) groups is 2. The van der Waals surface area contributed by atoms with Crippen LogP contribution in [0.2, 0.25) is 5.15 Å². The summed E-state index contributed by atoms with van der Waals surface area (Å²) < 4.78 is 2.50. The maximum atomic E-state index is 13.2. The van der Waals surface area contributed by atoms with Crippen molar-refractivity contribution in [1.29, 1.82) is 0 Å². The molecule has 0 unspecified atom stereocenters. The van der Waals surface area contributed by atoms with Crippen LogP contribution in [0.25, 0.3) is 15.9 Å². The van der Waals surface area contributed by atoms with Gasteiger partial charge in [0.15, 0.2) is 5.13 Å². The van der Waals surface area contributed by atoms with E-state index in [-0.39, 0.29) is 16.6 Å². The summed E-state index contributed by atoms with van der Waals surface area (Å²) in [5.74, 6) is -0.829. The molecule has 0 aliphatic carbocycles. The summed E-state index contributed by atoms with van der Waals surface area (Å²) in [5, 5.41) is 10.8. The smallest absolute Gasteiger partial charge is 0.260 e. The first-order chi connectivity index (χ1) is 16.9. The first kappa shape index (κ1) is 22.8. The minimum atomic E-state index is -0.453. The Kier molecular flexibility index (Phi) is 6.07. The van der Waals surface area contributed by atoms with E-state index in [4.69, 9.17) is 11.6 Å². The van der Waals surface area contributed by atoms with Crippen LogP contribution in [-0.2, 0) is 0 Å². The first-order valence-electron chi connectivity index (χ1n) is 10.8. The highest BCUT2D eigenvalue weighted by Gasteiger charge is 2.23. The lowest BCUT2D eigenvalue weighted by molar-refractivity contribution is 0.102. The number of carbonyl (C=O) groups excluding carboxylic acids is 2. The lowest BCUT2D eigenvalue weighted by Gasteiger charge is -2.10. The predicted octanol–water partition coefficient (Wildman–Crippen LogP) is 6.26. The first-order valence-corrected chi connectivity index (χ1v) is 12.0. The van der Waals surface area contributed by atoms with Crippen molar-refractivity contribution in [1.82, 2.24) is 14.8 Å². The van der Waals surface area contributed by atoms with E-state index in [0.717, 1.165) is 21.5 Å². The number of fused-ring (bicyclic) bond motifs is 1. The van der Waals surface area contributed by atoms with E-state index in [1.54, 1.807) is 31.2 Å². The number of nitrogens with zero attached hydrogens (tertiary/aromatic N) is 3. The molecule has 5 rings (SSSR count). The zero-order valence-corrected chi connectivity index (χ0v) is 20.4. The van der Waals surface area contributed by atoms with Crippen LogP contribution >= 0.6 is 22.9 Å². The van der Waals surface area contributed by atoms with Crippen LogP contribution in [-0.4, -0.2) is 26.6 Å². The molecule has 174 valence electrons. The summed E-state index contributed by atoms with van der Waals surface area (Å²) in [6, 6.07) is 22.0. The number of hydrogen-bond acceptors (Lipinski definition) is 5. The van der Waals surface area contributed by atoms with Gasteiger partial charge in [-0.3, -0.25) is 14.9 Å². The molecule has 0 aliphatic rings. The standard InChI is InChI=1S/C26H20ClN5O2S/c1-15-12-13-20-21(14-15)35-26(29-20)30-24(33)18-10-6-7-11-19(18)28-25(34)22-16(2)31-32(23(22)27)17-8-4-3-5-9-17/h3-14H,1-2H3,(H,28,34)(H,29,30,33). The summed E-state index contributed by atoms with van der Waals surface area (Å²) >= 11 is 7.93. The van der Waals surface area contributed by atoms with Crippen LogP contribution in [0, 0.1) is 13.8 Å². The Morgan fingerprint density at radius 2 is 1.66 bits per heavy atom. The molecule has 2 N–H and O–H groups in total. The molecule has 0 radical (unpaired) electrons. The molecule has 0 spiro atoms. The number of aromatic nitrogens is 3. The zero-order chi connectivity index (χ0) is 24.5. The van der Waals surface area contributed by atoms with Gasteiger partial charge in [-0.05, 0) is 55.8 Å². The van der Waals surface area contributed by atoms with Gasteiger partial charge >= 0.3 is 0 Å². The van der Waals surface area contributed by atoms with Gasteiger partial charge in [0, 0.05) is 0 Å². The molecule has 35 heavy (non-hydrogen) atoms. The van der Waals surface area contributed by atoms with E-state index in [9.17, 15) is 9.59 Å². The van der Waals surface area contributed by atoms with E-state index in [1.165, 1.54) is 16.0 Å². The Morgan fingerprint density at radius 3 is 2.46 bits per heavy atom. The van der Waals surface area contributed by atoms with E-state index in [0.29, 0.717) is 22.1 Å². The largest absolute Gasteiger partial charge is 0.321 e. The summed E-state index contributed by atoms with van der Waals surface area (Å²) in [7, 11) is 0. The second kappa shape index (κ2) is 9.32. The molecule has 0 saturated heterocycles. The van der Waals surface area contributed by atoms with Gasteiger partial charge in [0.2, 0.25) is 0 Å². The Balaban J connectivity index is 1.40. The number of thiazole rings is 1. The highest BCUT2D eigenvalue weighted by Crippen LogP contribution is 2.29. The van der Waals surface area contributed by atoms with Crippen molar-refractivity contribution in [2.75, 3.05) is 10.6 Å². The van der Waals surface area contributed by atoms with Crippen molar-refractivity contribution in [2.45, 2.75) is 13.8 Å². The van der Waals surface area contributed by atoms with Crippen LogP contribution < -0.4 is 10.6 Å². The molecule has 7 nitrogen and oxygen atoms in total. The van der Waals surface area contributed by atoms with Crippen molar-refractivity contribution in [3.63, 3.8) is 0 Å². The molecular weight excluding hydrogens is 482 g/mol. The molecule has 0 fully saturated rings. The number of nitrogens with one attached hydrogen (secondary N) is 2. The lowest BCUT2D eigenvalue weighted by Crippen LogP contribution is -2.18. The molecule has 5 aromatic rings. The van der Waals surface area contributed by atoms with Crippen molar-refractivity contribution in [2.24, 2.45) is 0 Å². The van der Waals surface area contributed by atoms with Crippen LogP contribution in [0.1, 0.15) is 32.0 Å². The average molecular weight is 502 g/mol. The Morgan fingerprint density at radius 1 is 0.914 bits per heavy atom. The minimum Gasteiger partial charge on any atom is -0.321 e. The van der Waals surface area contributed by atoms with Gasteiger partial charge in [-0.2, -0.15) is 5.10 Å². The quantitative estimate of drug-likeness (QED) is 0.297. The van der Waals surface area contributed by atoms with Crippen LogP contribution in [0.4, 0.5) is 10.8 Å². The number of benzene rings is 3. The van der Waals surface area contributed by atoms with Crippen molar-refractivity contribution in [3.8, 4) is 5.69 Å². The molecule has 0 bridgehead atoms. The second-order valence-corrected chi connectivity index (χ2v) is 9.33. The van der Waals surface area contributed by atoms with Gasteiger partial charge in [-0.15, -0.1) is 0 Å². The highest BCUT2D eigenvalue weighted by molar-refractivity contribution is 7.22. The maximum Gasteiger partial charge on any atom is 0.260 e. The zero-order valence-electron chi connectivity index (χ0n) is 18.9. The number of halogens is 1. The number of rotatable bonds is 5. The molecule has 0 atom stereocenters. The Hall–Kier alpha value is -4.01. The summed E-state index contributed by atoms with van der Waals surface area (Å²) in [4.78, 5) is 30.8. The van der Waals surface area contributed by atoms with Gasteiger partial charge in [0.1, 0.15) is 10.7 Å². The molecule has 9 heteroatoms. The minimum absolute atomic E-state index is 0.193. The van der Waals surface area contributed by atoms with E-state index in [1.807, 2.05) is 55.5 Å². The van der Waals surface area contributed by atoms with Crippen molar-refractivity contribution >= 4 is 55.8 Å². The fraction of sp³-hybridized carbons (Fsp3) is 0.0769. The number of aryl methyl sites for hydroxylation is 2. The lowest BCUT2D eigenvalue weighted by atomic mass is 10.1. The van der Waals surface area contributed by atoms with E-state index in [2.05, 4.69) is 20.7 Å². The van der Waals surface area contributed by atoms with Crippen molar-refractivity contribution < 1.29 is 9.59 Å². The van der Waals surface area contributed by atoms with Gasteiger partial charge in [-0.1, -0.05) is 59.3 Å². The number of amides is 2. The van der Waals surface area contributed by atoms with E-state index < -0.39 is 5.91 Å². The predicted molar refractivity (Wildman–Crippen MR) is 140 cm³/mol. The van der Waals surface area contributed by atoms with Gasteiger partial charge in [-0.25, -0.2) is 9.67 Å². The number of anilines is 2. The van der Waals surface area contributed by atoms with Gasteiger partial charge < -0.3 is 5.32 Å². The molecule has 0 aliphatic heterocycles. The molecule has 0 saturated carbocycles. The number of para-hydroxylation sites is 2. The Bertz CT molecular complexity index is 1580. The van der Waals surface area contributed by atoms with Gasteiger partial charge in [0.25, 0.3) is 11.8 Å². The topological polar surface area (TPSA) is 88.9 Å². The normalized spacial score (nSPS) is 10.9. The summed E-state index contributed by atoms with van der Waals surface area (Å²) in [5.41, 5.74) is 4.06. The summed E-state index contributed by atoms with van der Waals surface area (Å²) in [6.07, 6.45) is 0. The third-order valence-electron chi connectivity index (χ3n) is 5.42. The van der Waals surface area contributed by atoms with E-state index >= 15 is 0 Å². The number of hydrogen-bond donors (Lipinski definition) is 2. The molecule has 3 aromatic carbocycles. The fourth-order valence-corrected chi connectivity index (χ4v) is 5.04. The van der Waals surface area contributed by atoms with Crippen molar-refractivity contribution in [3.05, 3.63) is 100 Å². The monoisotopic (exact) mass is 501 g/mol. The average Bonchev–Trinajstić information content (AvgIpc) is 3.38. The molecule has 2 heterocycles. The Labute approximate surface area is 210 Å². The SMILES string of the molecule is Cc1ccc2nc(NC(=O)c3ccccc3NC(=O)c3c(C)nn(-c4ccccc4)c3Cl)sc2c1. The highest BCUT2D eigenvalue weighted by atomic mass is 35.5. The second-order valence-electron chi connectivity index (χ2n) is 7.94. The fourth-order valence-electron chi connectivity index (χ4n) is 3.72.